The van der Waals surface area contributed by atoms with Crippen molar-refractivity contribution in [1.29, 1.82) is 0 Å². The van der Waals surface area contributed by atoms with Gasteiger partial charge in [-0.1, -0.05) is 20.8 Å². The van der Waals surface area contributed by atoms with Crippen molar-refractivity contribution in [2.75, 3.05) is 38.2 Å². The Balaban J connectivity index is 0.00000625. The Morgan fingerprint density at radius 1 is 1.12 bits per heavy atom. The van der Waals surface area contributed by atoms with Crippen molar-refractivity contribution < 1.29 is 21.6 Å². The van der Waals surface area contributed by atoms with Crippen LogP contribution >= 0.6 is 12.4 Å². The molecule has 10 heteroatoms. The number of hydrogen-bond donors (Lipinski definition) is 1. The van der Waals surface area contributed by atoms with Crippen LogP contribution in [0.2, 0.25) is 0 Å². The molecule has 0 aromatic heterocycles. The minimum Gasteiger partial charge on any atom is -0.493 e. The van der Waals surface area contributed by atoms with Crippen molar-refractivity contribution in [3.05, 3.63) is 24.3 Å². The van der Waals surface area contributed by atoms with Crippen LogP contribution in [0.4, 0.5) is 0 Å². The van der Waals surface area contributed by atoms with Gasteiger partial charge in [0.05, 0.1) is 10.6 Å². The van der Waals surface area contributed by atoms with Gasteiger partial charge in [0, 0.05) is 19.3 Å². The average molecular weight is 429 g/mol. The van der Waals surface area contributed by atoms with Crippen LogP contribution in [0.5, 0.6) is 5.75 Å². The maximum atomic E-state index is 12.6. The van der Waals surface area contributed by atoms with Crippen molar-refractivity contribution in [2.24, 2.45) is 11.1 Å². The predicted octanol–water partition coefficient (Wildman–Crippen LogP) is 1.53. The van der Waals surface area contributed by atoms with Gasteiger partial charge in [-0.2, -0.15) is 0 Å². The molecule has 1 aromatic rings. The number of rotatable bonds is 10. The average Bonchev–Trinajstić information content (AvgIpc) is 2.54. The Labute approximate surface area is 163 Å². The number of halogens is 1. The molecule has 1 rings (SSSR count). The van der Waals surface area contributed by atoms with Crippen LogP contribution < -0.4 is 10.5 Å². The topological polar surface area (TPSA) is 107 Å². The Bertz CT molecular complexity index is 762. The van der Waals surface area contributed by atoms with Gasteiger partial charge in [-0.25, -0.2) is 21.1 Å². The van der Waals surface area contributed by atoms with Gasteiger partial charge in [0.2, 0.25) is 10.0 Å². The second-order valence-electron chi connectivity index (χ2n) is 6.69. The SMILES string of the molecule is CCS(=O)(=O)CCOc1ccc(S(=O)(=O)N(C)CC(C)(C)CN)cc1.Cl. The highest BCUT2D eigenvalue weighted by atomic mass is 35.5. The van der Waals surface area contributed by atoms with Crippen molar-refractivity contribution in [1.82, 2.24) is 4.31 Å². The van der Waals surface area contributed by atoms with Crippen LogP contribution in [0.1, 0.15) is 20.8 Å². The second-order valence-corrected chi connectivity index (χ2v) is 11.2. The third kappa shape index (κ3) is 7.40. The molecule has 0 radical (unpaired) electrons. The summed E-state index contributed by atoms with van der Waals surface area (Å²) in [5.41, 5.74) is 5.34. The molecule has 0 aliphatic carbocycles. The molecule has 0 atom stereocenters. The molecule has 0 fully saturated rings. The Kier molecular flexibility index (Phi) is 9.56. The van der Waals surface area contributed by atoms with Gasteiger partial charge in [0.1, 0.15) is 12.4 Å². The van der Waals surface area contributed by atoms with Gasteiger partial charge in [-0.3, -0.25) is 0 Å². The molecule has 2 N–H and O–H groups in total. The molecule has 152 valence electrons. The maximum absolute atomic E-state index is 12.6. The van der Waals surface area contributed by atoms with Gasteiger partial charge in [0.25, 0.3) is 0 Å². The van der Waals surface area contributed by atoms with Crippen LogP contribution in [0.15, 0.2) is 29.2 Å². The lowest BCUT2D eigenvalue weighted by atomic mass is 9.94. The fraction of sp³-hybridized carbons (Fsp3) is 0.625. The smallest absolute Gasteiger partial charge is 0.242 e. The summed E-state index contributed by atoms with van der Waals surface area (Å²) in [6.07, 6.45) is 0. The maximum Gasteiger partial charge on any atom is 0.242 e. The molecule has 0 heterocycles. The predicted molar refractivity (Wildman–Crippen MR) is 106 cm³/mol. The number of benzene rings is 1. The molecule has 0 bridgehead atoms. The van der Waals surface area contributed by atoms with E-state index in [1.54, 1.807) is 6.92 Å². The molecule has 0 aliphatic rings. The summed E-state index contributed by atoms with van der Waals surface area (Å²) in [5.74, 6) is 0.426. The lowest BCUT2D eigenvalue weighted by Crippen LogP contribution is -2.39. The van der Waals surface area contributed by atoms with Gasteiger partial charge in [-0.15, -0.1) is 12.4 Å². The van der Waals surface area contributed by atoms with Crippen molar-refractivity contribution in [3.8, 4) is 5.75 Å². The van der Waals surface area contributed by atoms with Crippen LogP contribution in [-0.2, 0) is 19.9 Å². The molecule has 7 nitrogen and oxygen atoms in total. The number of ether oxygens (including phenoxy) is 1. The van der Waals surface area contributed by atoms with E-state index >= 15 is 0 Å². The van der Waals surface area contributed by atoms with Crippen LogP contribution in [0.3, 0.4) is 0 Å². The van der Waals surface area contributed by atoms with Crippen molar-refractivity contribution in [3.63, 3.8) is 0 Å². The highest BCUT2D eigenvalue weighted by Gasteiger charge is 2.27. The molecular weight excluding hydrogens is 400 g/mol. The molecular formula is C16H29ClN2O5S2. The van der Waals surface area contributed by atoms with Crippen LogP contribution in [0, 0.1) is 5.41 Å². The summed E-state index contributed by atoms with van der Waals surface area (Å²) in [5, 5.41) is 0. The fourth-order valence-electron chi connectivity index (χ4n) is 2.07. The van der Waals surface area contributed by atoms with E-state index in [-0.39, 0.29) is 40.8 Å². The van der Waals surface area contributed by atoms with Crippen LogP contribution in [-0.4, -0.2) is 59.4 Å². The van der Waals surface area contributed by atoms with E-state index in [0.29, 0.717) is 18.8 Å². The zero-order valence-electron chi connectivity index (χ0n) is 15.6. The normalized spacial score (nSPS) is 12.7. The quantitative estimate of drug-likeness (QED) is 0.605. The van der Waals surface area contributed by atoms with Gasteiger partial charge in [-0.05, 0) is 36.2 Å². The number of nitrogens with two attached hydrogens (primary N) is 1. The Hall–Kier alpha value is -0.870. The largest absolute Gasteiger partial charge is 0.493 e. The zero-order chi connectivity index (χ0) is 19.3. The summed E-state index contributed by atoms with van der Waals surface area (Å²) in [7, 11) is -5.19. The Morgan fingerprint density at radius 3 is 2.12 bits per heavy atom. The second kappa shape index (κ2) is 9.89. The molecule has 0 saturated carbocycles. The summed E-state index contributed by atoms with van der Waals surface area (Å²) < 4.78 is 54.7. The first-order chi connectivity index (χ1) is 11.4. The minimum atomic E-state index is -3.62. The number of nitrogens with zero attached hydrogens (tertiary/aromatic N) is 1. The third-order valence-corrected chi connectivity index (χ3v) is 7.32. The lowest BCUT2D eigenvalue weighted by Gasteiger charge is -2.28. The molecule has 0 unspecified atom stereocenters. The summed E-state index contributed by atoms with van der Waals surface area (Å²) in [6.45, 7) is 6.10. The van der Waals surface area contributed by atoms with Crippen LogP contribution in [0.25, 0.3) is 0 Å². The molecule has 0 amide bonds. The van der Waals surface area contributed by atoms with Gasteiger partial charge in [0.15, 0.2) is 9.84 Å². The highest BCUT2D eigenvalue weighted by Crippen LogP contribution is 2.22. The number of hydrogen-bond acceptors (Lipinski definition) is 6. The van der Waals surface area contributed by atoms with E-state index in [4.69, 9.17) is 10.5 Å². The third-order valence-electron chi connectivity index (χ3n) is 3.84. The first-order valence-corrected chi connectivity index (χ1v) is 11.3. The molecule has 0 spiro atoms. The van der Waals surface area contributed by atoms with Gasteiger partial charge >= 0.3 is 0 Å². The Morgan fingerprint density at radius 2 is 1.65 bits per heavy atom. The number of sulfonamides is 1. The van der Waals surface area contributed by atoms with Crippen molar-refractivity contribution in [2.45, 2.75) is 25.7 Å². The summed E-state index contributed by atoms with van der Waals surface area (Å²) >= 11 is 0. The summed E-state index contributed by atoms with van der Waals surface area (Å²) in [4.78, 5) is 0.149. The fourth-order valence-corrected chi connectivity index (χ4v) is 4.06. The lowest BCUT2D eigenvalue weighted by molar-refractivity contribution is 0.292. The monoisotopic (exact) mass is 428 g/mol. The number of sulfone groups is 1. The summed E-state index contributed by atoms with van der Waals surface area (Å²) in [6, 6.07) is 5.94. The van der Waals surface area contributed by atoms with E-state index in [9.17, 15) is 16.8 Å². The molecule has 0 saturated heterocycles. The van der Waals surface area contributed by atoms with E-state index < -0.39 is 19.9 Å². The van der Waals surface area contributed by atoms with Crippen molar-refractivity contribution >= 4 is 32.3 Å². The van der Waals surface area contributed by atoms with E-state index in [1.165, 1.54) is 35.6 Å². The molecule has 0 aliphatic heterocycles. The zero-order valence-corrected chi connectivity index (χ0v) is 18.1. The standard InChI is InChI=1S/C16H28N2O5S2.ClH/c1-5-24(19,20)11-10-23-14-6-8-15(9-7-14)25(21,22)18(4)13-16(2,3)12-17;/h6-9H,5,10-13,17H2,1-4H3;1H. The van der Waals surface area contributed by atoms with E-state index in [2.05, 4.69) is 0 Å². The first-order valence-electron chi connectivity index (χ1n) is 8.03. The van der Waals surface area contributed by atoms with E-state index in [0.717, 1.165) is 0 Å². The first kappa shape index (κ1) is 25.1. The van der Waals surface area contributed by atoms with Gasteiger partial charge < -0.3 is 10.5 Å². The minimum absolute atomic E-state index is 0. The highest BCUT2D eigenvalue weighted by molar-refractivity contribution is 7.91. The van der Waals surface area contributed by atoms with E-state index in [1.807, 2.05) is 13.8 Å². The molecule has 26 heavy (non-hydrogen) atoms. The molecule has 1 aromatic carbocycles.